The smallest absolute Gasteiger partial charge is 0.203 e. The van der Waals surface area contributed by atoms with Crippen LogP contribution in [0.3, 0.4) is 0 Å². The number of carbonyl (C=O) groups is 1. The number of fused-ring (bicyclic) bond motifs is 1. The third kappa shape index (κ3) is 3.24. The number of Topliss-reactive ketones (excluding diaryl/α,β-unsaturated/α-hetero) is 1. The molecule has 0 atom stereocenters. The van der Waals surface area contributed by atoms with E-state index in [2.05, 4.69) is 0 Å². The zero-order valence-electron chi connectivity index (χ0n) is 16.7. The van der Waals surface area contributed by atoms with Crippen LogP contribution in [0.2, 0.25) is 0 Å². The van der Waals surface area contributed by atoms with Crippen molar-refractivity contribution in [1.29, 1.82) is 0 Å². The maximum absolute atomic E-state index is 12.2. The molecule has 0 N–H and O–H groups in total. The monoisotopic (exact) mass is 382 g/mol. The van der Waals surface area contributed by atoms with Gasteiger partial charge in [0.2, 0.25) is 5.75 Å². The number of benzene rings is 2. The minimum atomic E-state index is 0.0781. The molecule has 1 saturated carbocycles. The first-order valence-corrected chi connectivity index (χ1v) is 9.64. The van der Waals surface area contributed by atoms with Gasteiger partial charge in [-0.2, -0.15) is 0 Å². The molecule has 0 aliphatic heterocycles. The lowest BCUT2D eigenvalue weighted by Crippen LogP contribution is -2.19. The van der Waals surface area contributed by atoms with Gasteiger partial charge in [-0.1, -0.05) is 18.2 Å². The zero-order chi connectivity index (χ0) is 19.7. The van der Waals surface area contributed by atoms with Crippen molar-refractivity contribution in [3.05, 3.63) is 41.5 Å². The fourth-order valence-electron chi connectivity index (χ4n) is 4.04. The predicted molar refractivity (Wildman–Crippen MR) is 107 cm³/mol. The average molecular weight is 382 g/mol. The Bertz CT molecular complexity index is 898. The van der Waals surface area contributed by atoms with Crippen LogP contribution in [-0.4, -0.2) is 40.3 Å². The summed E-state index contributed by atoms with van der Waals surface area (Å²) in [6.07, 6.45) is 3.51. The first-order chi connectivity index (χ1) is 13.6. The quantitative estimate of drug-likeness (QED) is 0.681. The summed E-state index contributed by atoms with van der Waals surface area (Å²) in [6.45, 7) is 1.25. The van der Waals surface area contributed by atoms with Gasteiger partial charge in [-0.3, -0.25) is 4.79 Å². The lowest BCUT2D eigenvalue weighted by molar-refractivity contribution is 0.0994. The van der Waals surface area contributed by atoms with Crippen molar-refractivity contribution in [3.8, 4) is 28.4 Å². The van der Waals surface area contributed by atoms with Crippen LogP contribution in [0, 0.1) is 5.41 Å². The average Bonchev–Trinajstić information content (AvgIpc) is 3.39. The lowest BCUT2D eigenvalue weighted by Gasteiger charge is -2.21. The standard InChI is InChI=1S/C23H26O5/c1-25-13-23(11-12-23)14-28-21-18(8-10-20(26-2)22(21)27-3)15-5-4-6-17-16(15)7-9-19(17)24/h4-6,8,10H,7,9,11-14H2,1-3H3. The van der Waals surface area contributed by atoms with Gasteiger partial charge in [-0.25, -0.2) is 0 Å². The Hall–Kier alpha value is -2.53. The Kier molecular flexibility index (Phi) is 5.02. The molecule has 0 unspecified atom stereocenters. The Morgan fingerprint density at radius 1 is 0.857 bits per heavy atom. The summed E-state index contributed by atoms with van der Waals surface area (Å²) < 4.78 is 22.9. The molecule has 148 valence electrons. The number of hydrogen-bond donors (Lipinski definition) is 0. The van der Waals surface area contributed by atoms with Gasteiger partial charge in [0.1, 0.15) is 0 Å². The Balaban J connectivity index is 1.78. The Morgan fingerprint density at radius 2 is 1.64 bits per heavy atom. The van der Waals surface area contributed by atoms with E-state index in [1.807, 2.05) is 30.3 Å². The molecule has 2 aliphatic carbocycles. The van der Waals surface area contributed by atoms with Gasteiger partial charge in [0.25, 0.3) is 0 Å². The molecule has 5 nitrogen and oxygen atoms in total. The SMILES string of the molecule is COCC1(COc2c(-c3cccc4c3CCC4=O)ccc(OC)c2OC)CC1. The van der Waals surface area contributed by atoms with Crippen molar-refractivity contribution < 1.29 is 23.7 Å². The highest BCUT2D eigenvalue weighted by atomic mass is 16.5. The van der Waals surface area contributed by atoms with E-state index in [0.717, 1.165) is 41.5 Å². The van der Waals surface area contributed by atoms with Crippen LogP contribution in [0.1, 0.15) is 35.2 Å². The summed E-state index contributed by atoms with van der Waals surface area (Å²) >= 11 is 0. The maximum Gasteiger partial charge on any atom is 0.203 e. The summed E-state index contributed by atoms with van der Waals surface area (Å²) in [5, 5.41) is 0. The van der Waals surface area contributed by atoms with Crippen molar-refractivity contribution in [2.24, 2.45) is 5.41 Å². The van der Waals surface area contributed by atoms with Crippen molar-refractivity contribution in [3.63, 3.8) is 0 Å². The molecule has 2 aliphatic rings. The van der Waals surface area contributed by atoms with Crippen molar-refractivity contribution in [2.75, 3.05) is 34.5 Å². The van der Waals surface area contributed by atoms with E-state index >= 15 is 0 Å². The molecule has 0 heterocycles. The molecule has 0 amide bonds. The third-order valence-electron chi connectivity index (χ3n) is 5.80. The molecular weight excluding hydrogens is 356 g/mol. The number of ketones is 1. The number of hydrogen-bond acceptors (Lipinski definition) is 5. The molecular formula is C23H26O5. The van der Waals surface area contributed by atoms with Gasteiger partial charge in [-0.05, 0) is 42.5 Å². The highest BCUT2D eigenvalue weighted by Crippen LogP contribution is 2.50. The van der Waals surface area contributed by atoms with Crippen LogP contribution in [-0.2, 0) is 11.2 Å². The summed E-state index contributed by atoms with van der Waals surface area (Å²) in [5.41, 5.74) is 3.93. The molecule has 0 radical (unpaired) electrons. The van der Waals surface area contributed by atoms with E-state index in [4.69, 9.17) is 18.9 Å². The van der Waals surface area contributed by atoms with Gasteiger partial charge in [0.05, 0.1) is 27.4 Å². The molecule has 0 bridgehead atoms. The highest BCUT2D eigenvalue weighted by Gasteiger charge is 2.44. The molecule has 1 fully saturated rings. The van der Waals surface area contributed by atoms with E-state index in [9.17, 15) is 4.79 Å². The molecule has 2 aromatic rings. The van der Waals surface area contributed by atoms with E-state index < -0.39 is 0 Å². The summed E-state index contributed by atoms with van der Waals surface area (Å²) in [4.78, 5) is 12.2. The van der Waals surface area contributed by atoms with Crippen molar-refractivity contribution in [1.82, 2.24) is 0 Å². The second kappa shape index (κ2) is 7.47. The van der Waals surface area contributed by atoms with Crippen LogP contribution < -0.4 is 14.2 Å². The topological polar surface area (TPSA) is 54.0 Å². The largest absolute Gasteiger partial charge is 0.493 e. The predicted octanol–water partition coefficient (Wildman–Crippen LogP) is 4.31. The van der Waals surface area contributed by atoms with Gasteiger partial charge in [0.15, 0.2) is 17.3 Å². The van der Waals surface area contributed by atoms with E-state index in [1.54, 1.807) is 21.3 Å². The summed E-state index contributed by atoms with van der Waals surface area (Å²) in [6, 6.07) is 9.77. The van der Waals surface area contributed by atoms with Crippen molar-refractivity contribution >= 4 is 5.78 Å². The zero-order valence-corrected chi connectivity index (χ0v) is 16.7. The highest BCUT2D eigenvalue weighted by molar-refractivity contribution is 6.02. The second-order valence-corrected chi connectivity index (χ2v) is 7.65. The lowest BCUT2D eigenvalue weighted by atomic mass is 9.95. The van der Waals surface area contributed by atoms with Crippen LogP contribution in [0.15, 0.2) is 30.3 Å². The molecule has 5 heteroatoms. The minimum Gasteiger partial charge on any atom is -0.493 e. The van der Waals surface area contributed by atoms with Crippen LogP contribution in [0.5, 0.6) is 17.2 Å². The molecule has 0 spiro atoms. The fraction of sp³-hybridized carbons (Fsp3) is 0.435. The molecule has 28 heavy (non-hydrogen) atoms. The normalized spacial score (nSPS) is 16.6. The van der Waals surface area contributed by atoms with Crippen LogP contribution in [0.4, 0.5) is 0 Å². The van der Waals surface area contributed by atoms with Crippen LogP contribution in [0.25, 0.3) is 11.1 Å². The summed E-state index contributed by atoms with van der Waals surface area (Å²) in [7, 11) is 4.96. The van der Waals surface area contributed by atoms with Gasteiger partial charge >= 0.3 is 0 Å². The minimum absolute atomic E-state index is 0.0781. The third-order valence-corrected chi connectivity index (χ3v) is 5.80. The molecule has 0 aromatic heterocycles. The number of ether oxygens (including phenoxy) is 4. The first kappa shape index (κ1) is 18.8. The maximum atomic E-state index is 12.2. The number of rotatable bonds is 8. The van der Waals surface area contributed by atoms with Gasteiger partial charge in [0, 0.05) is 30.1 Å². The van der Waals surface area contributed by atoms with Gasteiger partial charge in [-0.15, -0.1) is 0 Å². The fourth-order valence-corrected chi connectivity index (χ4v) is 4.04. The number of carbonyl (C=O) groups excluding carboxylic acids is 1. The van der Waals surface area contributed by atoms with Crippen molar-refractivity contribution in [2.45, 2.75) is 25.7 Å². The summed E-state index contributed by atoms with van der Waals surface area (Å²) in [5.74, 6) is 2.07. The Morgan fingerprint density at radius 3 is 2.32 bits per heavy atom. The molecule has 0 saturated heterocycles. The van der Waals surface area contributed by atoms with E-state index in [-0.39, 0.29) is 11.2 Å². The first-order valence-electron chi connectivity index (χ1n) is 9.64. The van der Waals surface area contributed by atoms with Gasteiger partial charge < -0.3 is 18.9 Å². The molecule has 4 rings (SSSR count). The van der Waals surface area contributed by atoms with Crippen LogP contribution >= 0.6 is 0 Å². The van der Waals surface area contributed by atoms with E-state index in [0.29, 0.717) is 36.9 Å². The van der Waals surface area contributed by atoms with E-state index in [1.165, 1.54) is 0 Å². The molecule has 2 aromatic carbocycles. The second-order valence-electron chi connectivity index (χ2n) is 7.65. The Labute approximate surface area is 165 Å². The number of methoxy groups -OCH3 is 3.